The SMILES string of the molecule is C[C@]12C/C(=N\O)C[C@@H]1CC[C@@H]1[C@@H]2CC[C@]2(C)C(c3cccnc3)=CC[C@@H]12. The van der Waals surface area contributed by atoms with Gasteiger partial charge in [0.2, 0.25) is 0 Å². The average Bonchev–Trinajstić information content (AvgIpc) is 3.18. The normalized spacial score (nSPS) is 45.8. The third-order valence-electron chi connectivity index (χ3n) is 8.83. The van der Waals surface area contributed by atoms with Crippen LogP contribution in [0.3, 0.4) is 0 Å². The quantitative estimate of drug-likeness (QED) is 0.532. The third kappa shape index (κ3) is 2.12. The summed E-state index contributed by atoms with van der Waals surface area (Å²) < 4.78 is 0. The zero-order valence-electron chi connectivity index (χ0n) is 16.0. The molecular formula is C23H30N2O. The number of nitrogens with zero attached hydrogens (tertiary/aromatic N) is 2. The molecule has 3 saturated carbocycles. The monoisotopic (exact) mass is 350 g/mol. The van der Waals surface area contributed by atoms with Gasteiger partial charge in [-0.1, -0.05) is 31.1 Å². The molecule has 0 spiro atoms. The Labute approximate surface area is 156 Å². The van der Waals surface area contributed by atoms with Gasteiger partial charge < -0.3 is 5.21 Å². The molecule has 4 aliphatic rings. The average molecular weight is 351 g/mol. The lowest BCUT2D eigenvalue weighted by Crippen LogP contribution is -2.49. The summed E-state index contributed by atoms with van der Waals surface area (Å²) in [5.74, 6) is 3.11. The highest BCUT2D eigenvalue weighted by Gasteiger charge is 2.59. The number of rotatable bonds is 1. The van der Waals surface area contributed by atoms with E-state index in [9.17, 15) is 5.21 Å². The standard InChI is InChI=1S/C23H30N2O/c1-22-10-9-21-18(6-5-16-12-17(25-26)13-23(16,21)2)20(22)8-7-19(22)15-4-3-11-24-14-15/h3-4,7,11,14,16,18,20-21,26H,5-6,8-10,12-13H2,1-2H3/b25-17-/t16-,18-,20-,21-,22+,23-/m0/s1. The van der Waals surface area contributed by atoms with Gasteiger partial charge in [-0.15, -0.1) is 0 Å². The fourth-order valence-corrected chi connectivity index (χ4v) is 7.56. The van der Waals surface area contributed by atoms with Gasteiger partial charge in [-0.2, -0.15) is 0 Å². The zero-order valence-corrected chi connectivity index (χ0v) is 16.0. The van der Waals surface area contributed by atoms with Gasteiger partial charge in [-0.3, -0.25) is 4.98 Å². The number of aromatic nitrogens is 1. The summed E-state index contributed by atoms with van der Waals surface area (Å²) in [4.78, 5) is 4.37. The maximum absolute atomic E-state index is 9.35. The van der Waals surface area contributed by atoms with Crippen molar-refractivity contribution >= 4 is 11.3 Å². The van der Waals surface area contributed by atoms with Crippen LogP contribution in [0.4, 0.5) is 0 Å². The highest BCUT2D eigenvalue weighted by Crippen LogP contribution is 2.67. The van der Waals surface area contributed by atoms with Crippen molar-refractivity contribution in [1.82, 2.24) is 4.98 Å². The Morgan fingerprint density at radius 3 is 2.85 bits per heavy atom. The van der Waals surface area contributed by atoms with Crippen LogP contribution in [0, 0.1) is 34.5 Å². The summed E-state index contributed by atoms with van der Waals surface area (Å²) in [5.41, 5.74) is 4.58. The summed E-state index contributed by atoms with van der Waals surface area (Å²) >= 11 is 0. The van der Waals surface area contributed by atoms with Gasteiger partial charge in [0, 0.05) is 12.4 Å². The van der Waals surface area contributed by atoms with Crippen molar-refractivity contribution in [3.05, 3.63) is 36.2 Å². The number of hydrogen-bond acceptors (Lipinski definition) is 3. The largest absolute Gasteiger partial charge is 0.411 e. The first kappa shape index (κ1) is 16.5. The first-order valence-corrected chi connectivity index (χ1v) is 10.4. The lowest BCUT2D eigenvalue weighted by atomic mass is 9.47. The number of pyridine rings is 1. The molecule has 26 heavy (non-hydrogen) atoms. The van der Waals surface area contributed by atoms with Crippen molar-refractivity contribution < 1.29 is 5.21 Å². The minimum atomic E-state index is 0.305. The molecule has 3 nitrogen and oxygen atoms in total. The Kier molecular flexibility index (Phi) is 3.61. The van der Waals surface area contributed by atoms with Crippen LogP contribution in [0.5, 0.6) is 0 Å². The van der Waals surface area contributed by atoms with Crippen molar-refractivity contribution in [2.75, 3.05) is 0 Å². The maximum Gasteiger partial charge on any atom is 0.0579 e. The molecule has 1 aromatic heterocycles. The molecule has 0 aliphatic heterocycles. The molecule has 138 valence electrons. The predicted octanol–water partition coefficient (Wildman–Crippen LogP) is 5.56. The summed E-state index contributed by atoms with van der Waals surface area (Å²) in [6.07, 6.45) is 15.0. The molecule has 0 amide bonds. The molecule has 1 N–H and O–H groups in total. The van der Waals surface area contributed by atoms with Gasteiger partial charge in [-0.05, 0) is 96.7 Å². The predicted molar refractivity (Wildman–Crippen MR) is 104 cm³/mol. The topological polar surface area (TPSA) is 45.5 Å². The van der Waals surface area contributed by atoms with Gasteiger partial charge in [0.05, 0.1) is 5.71 Å². The van der Waals surface area contributed by atoms with E-state index in [1.54, 1.807) is 5.57 Å². The molecule has 0 bridgehead atoms. The van der Waals surface area contributed by atoms with Crippen molar-refractivity contribution in [3.63, 3.8) is 0 Å². The molecule has 1 heterocycles. The van der Waals surface area contributed by atoms with E-state index in [1.807, 2.05) is 12.4 Å². The molecule has 5 rings (SSSR count). The smallest absolute Gasteiger partial charge is 0.0579 e. The van der Waals surface area contributed by atoms with E-state index in [0.717, 1.165) is 42.2 Å². The van der Waals surface area contributed by atoms with Crippen LogP contribution in [0.25, 0.3) is 5.57 Å². The molecule has 0 unspecified atom stereocenters. The third-order valence-corrected chi connectivity index (χ3v) is 8.83. The highest BCUT2D eigenvalue weighted by molar-refractivity contribution is 5.87. The fourth-order valence-electron chi connectivity index (χ4n) is 7.56. The Balaban J connectivity index is 1.46. The zero-order chi connectivity index (χ0) is 17.9. The van der Waals surface area contributed by atoms with Gasteiger partial charge in [-0.25, -0.2) is 0 Å². The lowest BCUT2D eigenvalue weighted by Gasteiger charge is -2.57. The van der Waals surface area contributed by atoms with Crippen molar-refractivity contribution in [2.24, 2.45) is 39.7 Å². The van der Waals surface area contributed by atoms with Crippen LogP contribution in [0.2, 0.25) is 0 Å². The summed E-state index contributed by atoms with van der Waals surface area (Å²) in [7, 11) is 0. The Hall–Kier alpha value is -1.64. The van der Waals surface area contributed by atoms with Crippen LogP contribution >= 0.6 is 0 Å². The summed E-state index contributed by atoms with van der Waals surface area (Å²) in [6.45, 7) is 5.02. The van der Waals surface area contributed by atoms with Crippen LogP contribution in [-0.2, 0) is 0 Å². The van der Waals surface area contributed by atoms with E-state index in [1.165, 1.54) is 37.7 Å². The molecule has 3 fully saturated rings. The van der Waals surface area contributed by atoms with Crippen LogP contribution in [0.1, 0.15) is 64.4 Å². The van der Waals surface area contributed by atoms with E-state index in [4.69, 9.17) is 0 Å². The summed E-state index contributed by atoms with van der Waals surface area (Å²) in [5, 5.41) is 13.0. The fraction of sp³-hybridized carbons (Fsp3) is 0.652. The van der Waals surface area contributed by atoms with Gasteiger partial charge in [0.1, 0.15) is 0 Å². The van der Waals surface area contributed by atoms with E-state index in [0.29, 0.717) is 10.8 Å². The minimum Gasteiger partial charge on any atom is -0.411 e. The van der Waals surface area contributed by atoms with Crippen molar-refractivity contribution in [1.29, 1.82) is 0 Å². The molecule has 3 heteroatoms. The minimum absolute atomic E-state index is 0.305. The lowest BCUT2D eigenvalue weighted by molar-refractivity contribution is -0.0636. The van der Waals surface area contributed by atoms with Crippen LogP contribution < -0.4 is 0 Å². The van der Waals surface area contributed by atoms with E-state index < -0.39 is 0 Å². The van der Waals surface area contributed by atoms with Crippen LogP contribution in [-0.4, -0.2) is 15.9 Å². The van der Waals surface area contributed by atoms with Crippen molar-refractivity contribution in [2.45, 2.75) is 58.8 Å². The van der Waals surface area contributed by atoms with E-state index >= 15 is 0 Å². The highest BCUT2D eigenvalue weighted by atomic mass is 16.4. The number of fused-ring (bicyclic) bond motifs is 5. The molecule has 0 saturated heterocycles. The van der Waals surface area contributed by atoms with E-state index in [2.05, 4.69) is 42.2 Å². The first-order valence-electron chi connectivity index (χ1n) is 10.4. The van der Waals surface area contributed by atoms with Gasteiger partial charge >= 0.3 is 0 Å². The van der Waals surface area contributed by atoms with Gasteiger partial charge in [0.15, 0.2) is 0 Å². The summed E-state index contributed by atoms with van der Waals surface area (Å²) in [6, 6.07) is 4.30. The Morgan fingerprint density at radius 2 is 2.08 bits per heavy atom. The molecular weight excluding hydrogens is 320 g/mol. The number of allylic oxidation sites excluding steroid dienone is 2. The molecule has 6 atom stereocenters. The van der Waals surface area contributed by atoms with E-state index in [-0.39, 0.29) is 0 Å². The second-order valence-corrected chi connectivity index (χ2v) is 9.76. The maximum atomic E-state index is 9.35. The Bertz CT molecular complexity index is 770. The molecule has 1 aromatic rings. The molecule has 0 aromatic carbocycles. The molecule has 0 radical (unpaired) electrons. The van der Waals surface area contributed by atoms with Gasteiger partial charge in [0.25, 0.3) is 0 Å². The number of hydrogen-bond donors (Lipinski definition) is 1. The van der Waals surface area contributed by atoms with Crippen LogP contribution in [0.15, 0.2) is 35.8 Å². The Morgan fingerprint density at radius 1 is 1.19 bits per heavy atom. The second kappa shape index (κ2) is 5.68. The molecule has 4 aliphatic carbocycles. The number of oxime groups is 1. The first-order chi connectivity index (χ1) is 12.6. The van der Waals surface area contributed by atoms with Crippen molar-refractivity contribution in [3.8, 4) is 0 Å². The second-order valence-electron chi connectivity index (χ2n) is 9.76.